The molecular formula is C24H37N3O4. The largest absolute Gasteiger partial charge is 0.444 e. The lowest BCUT2D eigenvalue weighted by atomic mass is 9.74. The van der Waals surface area contributed by atoms with E-state index >= 15 is 0 Å². The molecule has 0 aromatic heterocycles. The lowest BCUT2D eigenvalue weighted by molar-refractivity contribution is -0.133. The average Bonchev–Trinajstić information content (AvgIpc) is 2.72. The van der Waals surface area contributed by atoms with Crippen molar-refractivity contribution in [2.24, 2.45) is 11.3 Å². The Kier molecular flexibility index (Phi) is 8.09. The minimum absolute atomic E-state index is 0.0245. The lowest BCUT2D eigenvalue weighted by Gasteiger charge is -2.40. The Morgan fingerprint density at radius 1 is 1.13 bits per heavy atom. The first-order chi connectivity index (χ1) is 14.4. The average molecular weight is 432 g/mol. The molecule has 0 bridgehead atoms. The van der Waals surface area contributed by atoms with Crippen LogP contribution in [0.3, 0.4) is 0 Å². The predicted octanol–water partition coefficient (Wildman–Crippen LogP) is 3.83. The summed E-state index contributed by atoms with van der Waals surface area (Å²) in [5, 5.41) is 2.92. The molecule has 0 aliphatic carbocycles. The minimum Gasteiger partial charge on any atom is -0.444 e. The number of ether oxygens (including phenoxy) is 1. The fraction of sp³-hybridized carbons (Fsp3) is 0.625. The minimum atomic E-state index is -0.658. The molecule has 2 rings (SSSR count). The first kappa shape index (κ1) is 24.7. The Morgan fingerprint density at radius 3 is 2.39 bits per heavy atom. The third-order valence-corrected chi connectivity index (χ3v) is 5.82. The van der Waals surface area contributed by atoms with Crippen molar-refractivity contribution in [1.29, 1.82) is 0 Å². The maximum absolute atomic E-state index is 12.9. The van der Waals surface area contributed by atoms with Crippen molar-refractivity contribution in [3.8, 4) is 0 Å². The molecule has 1 saturated heterocycles. The van der Waals surface area contributed by atoms with E-state index in [4.69, 9.17) is 4.74 Å². The molecule has 7 heteroatoms. The van der Waals surface area contributed by atoms with Gasteiger partial charge in [0.05, 0.1) is 0 Å². The van der Waals surface area contributed by atoms with Crippen LogP contribution in [0.15, 0.2) is 30.3 Å². The van der Waals surface area contributed by atoms with E-state index in [2.05, 4.69) is 5.32 Å². The molecule has 0 spiro atoms. The van der Waals surface area contributed by atoms with Crippen LogP contribution in [-0.4, -0.2) is 55.1 Å². The van der Waals surface area contributed by atoms with Crippen LogP contribution in [0.1, 0.15) is 53.9 Å². The van der Waals surface area contributed by atoms with E-state index in [0.29, 0.717) is 13.1 Å². The summed E-state index contributed by atoms with van der Waals surface area (Å²) in [6.07, 6.45) is 1.60. The second-order valence-electron chi connectivity index (χ2n) is 9.78. The van der Waals surface area contributed by atoms with E-state index < -0.39 is 11.0 Å². The zero-order valence-electron chi connectivity index (χ0n) is 19.7. The first-order valence-electron chi connectivity index (χ1n) is 11.0. The fourth-order valence-corrected chi connectivity index (χ4v) is 3.72. The Hall–Kier alpha value is -2.57. The Bertz CT molecular complexity index is 771. The van der Waals surface area contributed by atoms with Gasteiger partial charge in [-0.3, -0.25) is 9.59 Å². The molecule has 31 heavy (non-hydrogen) atoms. The van der Waals surface area contributed by atoms with Gasteiger partial charge in [0.25, 0.3) is 0 Å². The third-order valence-electron chi connectivity index (χ3n) is 5.82. The van der Waals surface area contributed by atoms with Gasteiger partial charge >= 0.3 is 6.09 Å². The van der Waals surface area contributed by atoms with E-state index in [-0.39, 0.29) is 36.8 Å². The van der Waals surface area contributed by atoms with Crippen molar-refractivity contribution < 1.29 is 19.1 Å². The molecule has 1 atom stereocenters. The van der Waals surface area contributed by atoms with Crippen LogP contribution in [0.4, 0.5) is 10.5 Å². The van der Waals surface area contributed by atoms with Crippen LogP contribution in [0.5, 0.6) is 0 Å². The smallest absolute Gasteiger partial charge is 0.410 e. The number of hydrogen-bond donors (Lipinski definition) is 1. The molecule has 1 fully saturated rings. The lowest BCUT2D eigenvalue weighted by Crippen LogP contribution is -2.51. The molecule has 1 aliphatic heterocycles. The zero-order chi connectivity index (χ0) is 23.2. The standard InChI is InChI=1S/C24H37N3O4/c1-23(2,3)31-22(30)27-16-10-11-18(17-27)24(4,5)21(29)25-15-14-20(28)26(6)19-12-8-7-9-13-19/h7-9,12-13,18H,10-11,14-17H2,1-6H3,(H,25,29)/t18-/m0/s1. The van der Waals surface area contributed by atoms with Gasteiger partial charge in [0, 0.05) is 44.2 Å². The normalized spacial score (nSPS) is 17.1. The number of benzene rings is 1. The summed E-state index contributed by atoms with van der Waals surface area (Å²) in [5.74, 6) is -0.131. The van der Waals surface area contributed by atoms with Gasteiger partial charge in [0.15, 0.2) is 0 Å². The van der Waals surface area contributed by atoms with Crippen LogP contribution < -0.4 is 10.2 Å². The maximum Gasteiger partial charge on any atom is 0.410 e. The fourth-order valence-electron chi connectivity index (χ4n) is 3.72. The number of rotatable bonds is 6. The second-order valence-corrected chi connectivity index (χ2v) is 9.78. The van der Waals surface area contributed by atoms with Crippen molar-refractivity contribution in [3.05, 3.63) is 30.3 Å². The Balaban J connectivity index is 1.87. The third kappa shape index (κ3) is 6.97. The molecule has 1 heterocycles. The van der Waals surface area contributed by atoms with Crippen LogP contribution >= 0.6 is 0 Å². The molecule has 0 radical (unpaired) electrons. The number of hydrogen-bond acceptors (Lipinski definition) is 4. The number of nitrogens with zero attached hydrogens (tertiary/aromatic N) is 2. The quantitative estimate of drug-likeness (QED) is 0.742. The second kappa shape index (κ2) is 10.2. The van der Waals surface area contributed by atoms with Gasteiger partial charge < -0.3 is 19.9 Å². The summed E-state index contributed by atoms with van der Waals surface area (Å²) < 4.78 is 5.49. The van der Waals surface area contributed by atoms with E-state index in [9.17, 15) is 14.4 Å². The first-order valence-corrected chi connectivity index (χ1v) is 11.0. The molecule has 0 unspecified atom stereocenters. The van der Waals surface area contributed by atoms with E-state index in [1.54, 1.807) is 16.8 Å². The van der Waals surface area contributed by atoms with Crippen LogP contribution in [0.25, 0.3) is 0 Å². The number of carbonyl (C=O) groups is 3. The van der Waals surface area contributed by atoms with Gasteiger partial charge in [-0.15, -0.1) is 0 Å². The Labute approximate surface area is 186 Å². The monoisotopic (exact) mass is 431 g/mol. The Morgan fingerprint density at radius 2 is 1.77 bits per heavy atom. The summed E-state index contributed by atoms with van der Waals surface area (Å²) in [7, 11) is 1.73. The molecule has 7 nitrogen and oxygen atoms in total. The van der Waals surface area contributed by atoms with Gasteiger partial charge in [-0.25, -0.2) is 4.79 Å². The van der Waals surface area contributed by atoms with Gasteiger partial charge in [-0.05, 0) is 51.7 Å². The number of amides is 3. The number of carbonyl (C=O) groups excluding carboxylic acids is 3. The highest BCUT2D eigenvalue weighted by atomic mass is 16.6. The van der Waals surface area contributed by atoms with Crippen LogP contribution in [0, 0.1) is 11.3 Å². The van der Waals surface area contributed by atoms with Gasteiger partial charge in [-0.1, -0.05) is 32.0 Å². The maximum atomic E-state index is 12.9. The number of nitrogens with one attached hydrogen (secondary N) is 1. The molecule has 1 N–H and O–H groups in total. The summed E-state index contributed by atoms with van der Waals surface area (Å²) in [5.41, 5.74) is -0.380. The van der Waals surface area contributed by atoms with Crippen molar-refractivity contribution in [2.45, 2.75) is 59.5 Å². The molecule has 1 aromatic carbocycles. The highest BCUT2D eigenvalue weighted by Gasteiger charge is 2.40. The molecule has 1 aromatic rings. The van der Waals surface area contributed by atoms with Crippen molar-refractivity contribution in [2.75, 3.05) is 31.6 Å². The number of anilines is 1. The highest BCUT2D eigenvalue weighted by molar-refractivity contribution is 5.93. The molecular weight excluding hydrogens is 394 g/mol. The number of likely N-dealkylation sites (tertiary alicyclic amines) is 1. The molecule has 172 valence electrons. The van der Waals surface area contributed by atoms with Crippen molar-refractivity contribution in [3.63, 3.8) is 0 Å². The summed E-state index contributed by atoms with van der Waals surface area (Å²) in [6.45, 7) is 10.8. The predicted molar refractivity (Wildman–Crippen MR) is 122 cm³/mol. The van der Waals surface area contributed by atoms with Gasteiger partial charge in [0.1, 0.15) is 5.60 Å². The van der Waals surface area contributed by atoms with E-state index in [0.717, 1.165) is 18.5 Å². The van der Waals surface area contributed by atoms with Gasteiger partial charge in [0.2, 0.25) is 11.8 Å². The summed E-state index contributed by atoms with van der Waals surface area (Å²) >= 11 is 0. The number of para-hydroxylation sites is 1. The van der Waals surface area contributed by atoms with Crippen molar-refractivity contribution in [1.82, 2.24) is 10.2 Å². The molecule has 1 aliphatic rings. The summed E-state index contributed by atoms with van der Waals surface area (Å²) in [4.78, 5) is 41.1. The topological polar surface area (TPSA) is 79.0 Å². The van der Waals surface area contributed by atoms with E-state index in [1.165, 1.54) is 0 Å². The molecule has 3 amide bonds. The highest BCUT2D eigenvalue weighted by Crippen LogP contribution is 2.34. The SMILES string of the molecule is CN(C(=O)CCNC(=O)C(C)(C)[C@H]1CCCN(C(=O)OC(C)(C)C)C1)c1ccccc1. The van der Waals surface area contributed by atoms with Crippen LogP contribution in [-0.2, 0) is 14.3 Å². The van der Waals surface area contributed by atoms with Gasteiger partial charge in [-0.2, -0.15) is 0 Å². The molecule has 0 saturated carbocycles. The van der Waals surface area contributed by atoms with E-state index in [1.807, 2.05) is 65.0 Å². The van der Waals surface area contributed by atoms with Crippen LogP contribution in [0.2, 0.25) is 0 Å². The van der Waals surface area contributed by atoms with Crippen molar-refractivity contribution >= 4 is 23.6 Å². The number of piperidine rings is 1. The zero-order valence-corrected chi connectivity index (χ0v) is 19.7. The summed E-state index contributed by atoms with van der Waals surface area (Å²) in [6, 6.07) is 9.42.